The van der Waals surface area contributed by atoms with Crippen LogP contribution in [0.3, 0.4) is 0 Å². The molecule has 0 aliphatic carbocycles. The van der Waals surface area contributed by atoms with Crippen LogP contribution in [0.25, 0.3) is 0 Å². The first-order valence-electron chi connectivity index (χ1n) is 7.39. The van der Waals surface area contributed by atoms with Gasteiger partial charge in [-0.15, -0.1) is 0 Å². The predicted molar refractivity (Wildman–Crippen MR) is 77.9 cm³/mol. The van der Waals surface area contributed by atoms with E-state index in [1.165, 1.54) is 17.0 Å². The van der Waals surface area contributed by atoms with E-state index in [1.807, 2.05) is 0 Å². The second-order valence-corrected chi connectivity index (χ2v) is 5.39. The number of carbonyl (C=O) groups is 2. The van der Waals surface area contributed by atoms with Gasteiger partial charge in [0.25, 0.3) is 0 Å². The van der Waals surface area contributed by atoms with Crippen molar-refractivity contribution < 1.29 is 23.8 Å². The van der Waals surface area contributed by atoms with E-state index in [-0.39, 0.29) is 30.7 Å². The van der Waals surface area contributed by atoms with Gasteiger partial charge in [-0.1, -0.05) is 12.1 Å². The molecule has 2 rings (SSSR count). The van der Waals surface area contributed by atoms with E-state index in [1.54, 1.807) is 12.1 Å². The first kappa shape index (κ1) is 16.4. The molecule has 1 N–H and O–H groups in total. The van der Waals surface area contributed by atoms with Crippen LogP contribution in [0.1, 0.15) is 24.8 Å². The van der Waals surface area contributed by atoms with E-state index in [9.17, 15) is 14.0 Å². The lowest BCUT2D eigenvalue weighted by molar-refractivity contribution is -0.147. The third kappa shape index (κ3) is 4.80. The van der Waals surface area contributed by atoms with Gasteiger partial charge in [0.05, 0.1) is 0 Å². The number of carbonyl (C=O) groups excluding carboxylic acids is 1. The molecule has 0 saturated carbocycles. The van der Waals surface area contributed by atoms with E-state index in [0.29, 0.717) is 32.5 Å². The number of hydrogen-bond donors (Lipinski definition) is 1. The molecule has 6 heteroatoms. The van der Waals surface area contributed by atoms with Crippen LogP contribution in [0.15, 0.2) is 24.3 Å². The van der Waals surface area contributed by atoms with E-state index < -0.39 is 5.97 Å². The second-order valence-electron chi connectivity index (χ2n) is 5.39. The lowest BCUT2D eigenvalue weighted by atomic mass is 10.0. The first-order valence-corrected chi connectivity index (χ1v) is 7.39. The smallest absolute Gasteiger partial charge is 0.323 e. The molecule has 0 aromatic heterocycles. The highest BCUT2D eigenvalue weighted by Crippen LogP contribution is 2.16. The Labute approximate surface area is 128 Å². The van der Waals surface area contributed by atoms with Crippen LogP contribution in [0.4, 0.5) is 4.39 Å². The van der Waals surface area contributed by atoms with Gasteiger partial charge in [-0.3, -0.25) is 9.59 Å². The van der Waals surface area contributed by atoms with Crippen LogP contribution in [-0.4, -0.2) is 47.7 Å². The van der Waals surface area contributed by atoms with Gasteiger partial charge < -0.3 is 14.7 Å². The molecule has 1 amide bonds. The van der Waals surface area contributed by atoms with Gasteiger partial charge in [0.2, 0.25) is 5.91 Å². The summed E-state index contributed by atoms with van der Waals surface area (Å²) in [6.45, 7) is 0.810. The van der Waals surface area contributed by atoms with E-state index in [4.69, 9.17) is 9.84 Å². The van der Waals surface area contributed by atoms with Crippen molar-refractivity contribution >= 4 is 11.9 Å². The average molecular weight is 309 g/mol. The minimum Gasteiger partial charge on any atom is -0.480 e. The van der Waals surface area contributed by atoms with Gasteiger partial charge >= 0.3 is 5.97 Å². The van der Waals surface area contributed by atoms with Crippen LogP contribution in [0, 0.1) is 5.82 Å². The molecule has 0 atom stereocenters. The van der Waals surface area contributed by atoms with Crippen molar-refractivity contribution in [2.75, 3.05) is 19.8 Å². The summed E-state index contributed by atoms with van der Waals surface area (Å²) >= 11 is 0. The largest absolute Gasteiger partial charge is 0.480 e. The van der Waals surface area contributed by atoms with E-state index >= 15 is 0 Å². The molecule has 1 aliphatic rings. The Kier molecular flexibility index (Phi) is 5.89. The fourth-order valence-electron chi connectivity index (χ4n) is 2.61. The predicted octanol–water partition coefficient (Wildman–Crippen LogP) is 1.85. The molecule has 1 fully saturated rings. The number of ether oxygens (including phenoxy) is 1. The van der Waals surface area contributed by atoms with Crippen molar-refractivity contribution in [3.63, 3.8) is 0 Å². The van der Waals surface area contributed by atoms with Crippen molar-refractivity contribution in [3.8, 4) is 0 Å². The Hall–Kier alpha value is -1.95. The molecule has 0 bridgehead atoms. The summed E-state index contributed by atoms with van der Waals surface area (Å²) < 4.78 is 18.1. The zero-order chi connectivity index (χ0) is 15.9. The molecule has 1 aliphatic heterocycles. The molecular weight excluding hydrogens is 289 g/mol. The Morgan fingerprint density at radius 1 is 1.23 bits per heavy atom. The number of aryl methyl sites for hydroxylation is 1. The molecule has 1 saturated heterocycles. The maximum atomic E-state index is 12.8. The summed E-state index contributed by atoms with van der Waals surface area (Å²) in [5, 5.41) is 9.01. The number of amides is 1. The second kappa shape index (κ2) is 7.89. The summed E-state index contributed by atoms with van der Waals surface area (Å²) in [5.41, 5.74) is 0.858. The third-order valence-electron chi connectivity index (χ3n) is 3.80. The number of carboxylic acid groups (broad SMARTS) is 1. The summed E-state index contributed by atoms with van der Waals surface area (Å²) in [6.07, 6.45) is 2.01. The van der Waals surface area contributed by atoms with Crippen molar-refractivity contribution in [2.24, 2.45) is 0 Å². The van der Waals surface area contributed by atoms with Crippen LogP contribution < -0.4 is 0 Å². The molecule has 1 aromatic carbocycles. The Morgan fingerprint density at radius 2 is 1.86 bits per heavy atom. The summed E-state index contributed by atoms with van der Waals surface area (Å²) in [5.74, 6) is -1.51. The van der Waals surface area contributed by atoms with Crippen LogP contribution in [-0.2, 0) is 20.7 Å². The van der Waals surface area contributed by atoms with E-state index in [2.05, 4.69) is 0 Å². The van der Waals surface area contributed by atoms with Crippen molar-refractivity contribution in [3.05, 3.63) is 35.6 Å². The minimum atomic E-state index is -1.01. The van der Waals surface area contributed by atoms with Gasteiger partial charge in [0.15, 0.2) is 0 Å². The Bertz CT molecular complexity index is 511. The van der Waals surface area contributed by atoms with Crippen molar-refractivity contribution in [1.82, 2.24) is 4.90 Å². The average Bonchev–Trinajstić information content (AvgIpc) is 2.52. The number of aliphatic carboxylic acids is 1. The standard InChI is InChI=1S/C16H20FNO4/c17-13-4-1-12(2-5-13)3-6-15(19)18(11-16(20)21)14-7-9-22-10-8-14/h1-2,4-5,14H,3,6-11H2,(H,20,21). The first-order chi connectivity index (χ1) is 10.6. The zero-order valence-electron chi connectivity index (χ0n) is 12.3. The van der Waals surface area contributed by atoms with Crippen molar-refractivity contribution in [1.29, 1.82) is 0 Å². The van der Waals surface area contributed by atoms with Crippen molar-refractivity contribution in [2.45, 2.75) is 31.7 Å². The van der Waals surface area contributed by atoms with Gasteiger partial charge in [0, 0.05) is 25.7 Å². The van der Waals surface area contributed by atoms with Gasteiger partial charge in [-0.05, 0) is 37.0 Å². The molecule has 0 radical (unpaired) electrons. The quantitative estimate of drug-likeness (QED) is 0.871. The van der Waals surface area contributed by atoms with Gasteiger partial charge in [-0.2, -0.15) is 0 Å². The lowest BCUT2D eigenvalue weighted by Gasteiger charge is -2.33. The highest BCUT2D eigenvalue weighted by molar-refractivity contribution is 5.81. The molecule has 1 heterocycles. The highest BCUT2D eigenvalue weighted by Gasteiger charge is 2.27. The number of nitrogens with zero attached hydrogens (tertiary/aromatic N) is 1. The number of benzene rings is 1. The maximum absolute atomic E-state index is 12.8. The molecule has 5 nitrogen and oxygen atoms in total. The number of hydrogen-bond acceptors (Lipinski definition) is 3. The van der Waals surface area contributed by atoms with Crippen LogP contribution in [0.5, 0.6) is 0 Å². The maximum Gasteiger partial charge on any atom is 0.323 e. The topological polar surface area (TPSA) is 66.8 Å². The summed E-state index contributed by atoms with van der Waals surface area (Å²) in [6, 6.07) is 5.91. The molecular formula is C16H20FNO4. The SMILES string of the molecule is O=C(O)CN(C(=O)CCc1ccc(F)cc1)C1CCOCC1. The molecule has 120 valence electrons. The molecule has 22 heavy (non-hydrogen) atoms. The lowest BCUT2D eigenvalue weighted by Crippen LogP contribution is -2.46. The normalized spacial score (nSPS) is 15.5. The Morgan fingerprint density at radius 3 is 2.45 bits per heavy atom. The minimum absolute atomic E-state index is 0.0782. The summed E-state index contributed by atoms with van der Waals surface area (Å²) in [4.78, 5) is 24.8. The zero-order valence-corrected chi connectivity index (χ0v) is 12.3. The summed E-state index contributed by atoms with van der Waals surface area (Å²) in [7, 11) is 0. The van der Waals surface area contributed by atoms with Gasteiger partial charge in [0.1, 0.15) is 12.4 Å². The van der Waals surface area contributed by atoms with Crippen LogP contribution >= 0.6 is 0 Å². The number of rotatable bonds is 6. The number of halogens is 1. The monoisotopic (exact) mass is 309 g/mol. The van der Waals surface area contributed by atoms with Gasteiger partial charge in [-0.25, -0.2) is 4.39 Å². The fourth-order valence-corrected chi connectivity index (χ4v) is 2.61. The number of carboxylic acids is 1. The highest BCUT2D eigenvalue weighted by atomic mass is 19.1. The van der Waals surface area contributed by atoms with Crippen LogP contribution in [0.2, 0.25) is 0 Å². The fraction of sp³-hybridized carbons (Fsp3) is 0.500. The molecule has 0 spiro atoms. The molecule has 1 aromatic rings. The van der Waals surface area contributed by atoms with E-state index in [0.717, 1.165) is 5.56 Å². The Balaban J connectivity index is 1.95. The third-order valence-corrected chi connectivity index (χ3v) is 3.80. The molecule has 0 unspecified atom stereocenters.